The van der Waals surface area contributed by atoms with Crippen molar-refractivity contribution in [2.75, 3.05) is 7.11 Å². The van der Waals surface area contributed by atoms with Gasteiger partial charge in [0.25, 0.3) is 10.0 Å². The summed E-state index contributed by atoms with van der Waals surface area (Å²) in [6.07, 6.45) is -3.34. The van der Waals surface area contributed by atoms with Crippen LogP contribution in [0.2, 0.25) is 0 Å². The van der Waals surface area contributed by atoms with Crippen molar-refractivity contribution < 1.29 is 31.1 Å². The van der Waals surface area contributed by atoms with E-state index in [0.717, 1.165) is 0 Å². The second-order valence-electron chi connectivity index (χ2n) is 6.61. The number of benzene rings is 3. The summed E-state index contributed by atoms with van der Waals surface area (Å²) in [6.45, 7) is 0. The molecule has 5 nitrogen and oxygen atoms in total. The predicted molar refractivity (Wildman–Crippen MR) is 110 cm³/mol. The second kappa shape index (κ2) is 7.66. The van der Waals surface area contributed by atoms with Gasteiger partial charge >= 0.3 is 6.36 Å². The van der Waals surface area contributed by atoms with Crippen LogP contribution in [0.25, 0.3) is 22.0 Å². The third kappa shape index (κ3) is 4.09. The van der Waals surface area contributed by atoms with E-state index in [2.05, 4.69) is 4.74 Å². The monoisotopic (exact) mass is 447 g/mol. The van der Waals surface area contributed by atoms with Crippen LogP contribution in [0.1, 0.15) is 0 Å². The Balaban J connectivity index is 1.81. The third-order valence-electron chi connectivity index (χ3n) is 4.69. The lowest BCUT2D eigenvalue weighted by Gasteiger charge is -2.13. The molecule has 0 saturated heterocycles. The smallest absolute Gasteiger partial charge is 0.497 e. The van der Waals surface area contributed by atoms with Crippen LogP contribution in [0.5, 0.6) is 11.5 Å². The molecule has 0 atom stereocenters. The van der Waals surface area contributed by atoms with Gasteiger partial charge in [0.15, 0.2) is 0 Å². The first-order valence-corrected chi connectivity index (χ1v) is 10.5. The zero-order valence-electron chi connectivity index (χ0n) is 16.1. The quantitative estimate of drug-likeness (QED) is 0.408. The Labute approximate surface area is 176 Å². The zero-order valence-corrected chi connectivity index (χ0v) is 16.9. The molecule has 31 heavy (non-hydrogen) atoms. The van der Waals surface area contributed by atoms with Gasteiger partial charge in [-0.2, -0.15) is 0 Å². The Morgan fingerprint density at radius 3 is 2.10 bits per heavy atom. The molecule has 0 aliphatic carbocycles. The summed E-state index contributed by atoms with van der Waals surface area (Å²) in [4.78, 5) is 0.0783. The fraction of sp³-hybridized carbons (Fsp3) is 0.0909. The number of hydrogen-bond donors (Lipinski definition) is 0. The largest absolute Gasteiger partial charge is 0.573 e. The van der Waals surface area contributed by atoms with Crippen molar-refractivity contribution in [1.29, 1.82) is 0 Å². The number of aromatic nitrogens is 1. The number of hydrogen-bond acceptors (Lipinski definition) is 4. The highest BCUT2D eigenvalue weighted by Crippen LogP contribution is 2.33. The molecule has 0 aliphatic rings. The van der Waals surface area contributed by atoms with Gasteiger partial charge < -0.3 is 9.47 Å². The van der Waals surface area contributed by atoms with Crippen molar-refractivity contribution in [3.05, 3.63) is 79.0 Å². The number of methoxy groups -OCH3 is 1. The van der Waals surface area contributed by atoms with E-state index < -0.39 is 16.4 Å². The highest BCUT2D eigenvalue weighted by atomic mass is 32.2. The van der Waals surface area contributed by atoms with Crippen LogP contribution in [-0.4, -0.2) is 25.9 Å². The van der Waals surface area contributed by atoms with Gasteiger partial charge in [0.05, 0.1) is 17.5 Å². The fourth-order valence-electron chi connectivity index (χ4n) is 3.30. The molecule has 0 aliphatic heterocycles. The van der Waals surface area contributed by atoms with E-state index in [-0.39, 0.29) is 10.6 Å². The summed E-state index contributed by atoms with van der Waals surface area (Å²) in [5, 5.41) is 0.671. The molecule has 160 valence electrons. The number of ether oxygens (including phenoxy) is 2. The van der Waals surface area contributed by atoms with E-state index in [9.17, 15) is 21.6 Å². The normalized spacial score (nSPS) is 12.1. The van der Waals surface area contributed by atoms with E-state index >= 15 is 0 Å². The average Bonchev–Trinajstić information content (AvgIpc) is 3.18. The maximum Gasteiger partial charge on any atom is 0.573 e. The number of fused-ring (bicyclic) bond motifs is 1. The highest BCUT2D eigenvalue weighted by Gasteiger charge is 2.31. The lowest BCUT2D eigenvalue weighted by Crippen LogP contribution is -2.16. The Morgan fingerprint density at radius 1 is 0.839 bits per heavy atom. The van der Waals surface area contributed by atoms with Crippen LogP contribution < -0.4 is 9.47 Å². The van der Waals surface area contributed by atoms with E-state index in [4.69, 9.17) is 4.74 Å². The third-order valence-corrected chi connectivity index (χ3v) is 6.38. The van der Waals surface area contributed by atoms with E-state index in [1.807, 2.05) is 0 Å². The number of alkyl halides is 3. The van der Waals surface area contributed by atoms with Gasteiger partial charge in [-0.3, -0.25) is 0 Å². The molecule has 0 amide bonds. The lowest BCUT2D eigenvalue weighted by molar-refractivity contribution is -0.274. The van der Waals surface area contributed by atoms with Crippen molar-refractivity contribution >= 4 is 20.9 Å². The highest BCUT2D eigenvalue weighted by molar-refractivity contribution is 7.90. The summed E-state index contributed by atoms with van der Waals surface area (Å²) in [5.74, 6) is 0.169. The molecular formula is C22H16F3NO4S. The van der Waals surface area contributed by atoms with Gasteiger partial charge in [-0.05, 0) is 48.0 Å². The molecular weight excluding hydrogens is 431 g/mol. The van der Waals surface area contributed by atoms with Crippen LogP contribution in [0, 0.1) is 0 Å². The second-order valence-corrected chi connectivity index (χ2v) is 8.42. The molecule has 4 rings (SSSR count). The molecule has 0 fully saturated rings. The fourth-order valence-corrected chi connectivity index (χ4v) is 4.67. The van der Waals surface area contributed by atoms with Crippen LogP contribution in [0.4, 0.5) is 13.2 Å². The molecule has 3 aromatic carbocycles. The van der Waals surface area contributed by atoms with Crippen molar-refractivity contribution in [3.63, 3.8) is 0 Å². The van der Waals surface area contributed by atoms with Gasteiger partial charge in [-0.25, -0.2) is 12.4 Å². The molecule has 0 N–H and O–H groups in total. The van der Waals surface area contributed by atoms with Crippen LogP contribution in [0.3, 0.4) is 0 Å². The van der Waals surface area contributed by atoms with E-state index in [1.54, 1.807) is 36.4 Å². The van der Waals surface area contributed by atoms with Crippen molar-refractivity contribution in [2.45, 2.75) is 11.3 Å². The minimum Gasteiger partial charge on any atom is -0.497 e. The Hall–Kier alpha value is -3.46. The summed E-state index contributed by atoms with van der Waals surface area (Å²) < 4.78 is 74.0. The van der Waals surface area contributed by atoms with Gasteiger partial charge in [0, 0.05) is 17.1 Å². The van der Waals surface area contributed by atoms with Gasteiger partial charge in [-0.15, -0.1) is 13.2 Å². The Morgan fingerprint density at radius 2 is 1.48 bits per heavy atom. The van der Waals surface area contributed by atoms with Crippen LogP contribution >= 0.6 is 0 Å². The minimum absolute atomic E-state index is 0.0783. The maximum absolute atomic E-state index is 13.3. The minimum atomic E-state index is -4.79. The SMILES string of the molecule is COc1ccc(S(=O)(=O)n2ccc3cccc(-c4ccc(OC(F)(F)F)cc4)c32)cc1. The predicted octanol–water partition coefficient (Wildman–Crippen LogP) is 5.45. The Kier molecular flexibility index (Phi) is 5.14. The number of rotatable bonds is 5. The van der Waals surface area contributed by atoms with Crippen molar-refractivity contribution in [2.24, 2.45) is 0 Å². The molecule has 0 bridgehead atoms. The Bertz CT molecular complexity index is 1330. The summed E-state index contributed by atoms with van der Waals surface area (Å²) >= 11 is 0. The molecule has 1 heterocycles. The standard InChI is InChI=1S/C22H16F3NO4S/c1-29-17-9-11-19(12-10-17)31(27,28)26-14-13-16-3-2-4-20(21(16)26)15-5-7-18(8-6-15)30-22(23,24)25/h2-14H,1H3. The first-order chi connectivity index (χ1) is 14.7. The number of para-hydroxylation sites is 1. The average molecular weight is 447 g/mol. The van der Waals surface area contributed by atoms with Gasteiger partial charge in [0.2, 0.25) is 0 Å². The molecule has 0 saturated carbocycles. The summed E-state index contributed by atoms with van der Waals surface area (Å²) in [7, 11) is -2.44. The molecule has 1 aromatic heterocycles. The van der Waals surface area contributed by atoms with Crippen LogP contribution in [-0.2, 0) is 10.0 Å². The molecule has 0 unspecified atom stereocenters. The molecule has 4 aromatic rings. The van der Waals surface area contributed by atoms with Crippen molar-refractivity contribution in [3.8, 4) is 22.6 Å². The molecule has 9 heteroatoms. The van der Waals surface area contributed by atoms with Gasteiger partial charge in [-0.1, -0.05) is 30.3 Å². The van der Waals surface area contributed by atoms with Crippen LogP contribution in [0.15, 0.2) is 83.9 Å². The first-order valence-electron chi connectivity index (χ1n) is 9.05. The molecule has 0 spiro atoms. The number of halogens is 3. The van der Waals surface area contributed by atoms with Gasteiger partial charge in [0.1, 0.15) is 11.5 Å². The zero-order chi connectivity index (χ0) is 22.2. The molecule has 0 radical (unpaired) electrons. The topological polar surface area (TPSA) is 57.5 Å². The van der Waals surface area contributed by atoms with E-state index in [0.29, 0.717) is 27.8 Å². The van der Waals surface area contributed by atoms with E-state index in [1.165, 1.54) is 53.7 Å². The maximum atomic E-state index is 13.3. The lowest BCUT2D eigenvalue weighted by atomic mass is 10.0. The first kappa shape index (κ1) is 20.8. The summed E-state index contributed by atoms with van der Waals surface area (Å²) in [5.41, 5.74) is 1.52. The van der Waals surface area contributed by atoms with Crippen molar-refractivity contribution in [1.82, 2.24) is 3.97 Å². The summed E-state index contributed by atoms with van der Waals surface area (Å²) in [6, 6.07) is 18.2. The number of nitrogens with zero attached hydrogens (tertiary/aromatic N) is 1.